The van der Waals surface area contributed by atoms with Crippen molar-refractivity contribution in [2.75, 3.05) is 19.6 Å². The van der Waals surface area contributed by atoms with Gasteiger partial charge in [0.05, 0.1) is 11.5 Å². The second-order valence-corrected chi connectivity index (χ2v) is 8.99. The Hall–Kier alpha value is -3.19. The number of carboxylic acids is 2. The normalized spacial score (nSPS) is 21.8. The minimum atomic E-state index is -1.08. The SMILES string of the molecule is C[C@@H]1CCN(C[C@@H](Cc2ccccc2)C(=O)NCC(=O)O)C(c2cccc(C(=O)O)c2)[C@@H]1C. The van der Waals surface area contributed by atoms with Crippen LogP contribution in [-0.4, -0.2) is 52.6 Å². The van der Waals surface area contributed by atoms with Crippen molar-refractivity contribution in [3.05, 3.63) is 71.3 Å². The molecular weight excluding hydrogens is 420 g/mol. The first-order chi connectivity index (χ1) is 15.8. The molecule has 176 valence electrons. The van der Waals surface area contributed by atoms with E-state index in [0.29, 0.717) is 18.9 Å². The molecule has 0 spiro atoms. The topological polar surface area (TPSA) is 107 Å². The van der Waals surface area contributed by atoms with Gasteiger partial charge in [0, 0.05) is 12.6 Å². The molecule has 1 saturated heterocycles. The maximum atomic E-state index is 13.0. The van der Waals surface area contributed by atoms with E-state index in [1.807, 2.05) is 36.4 Å². The van der Waals surface area contributed by atoms with Gasteiger partial charge in [-0.1, -0.05) is 56.3 Å². The van der Waals surface area contributed by atoms with Crippen LogP contribution in [0.1, 0.15) is 47.8 Å². The summed E-state index contributed by atoms with van der Waals surface area (Å²) in [6, 6.07) is 16.7. The molecule has 1 unspecified atom stereocenters. The lowest BCUT2D eigenvalue weighted by atomic mass is 9.78. The molecule has 1 amide bonds. The molecule has 3 N–H and O–H groups in total. The summed E-state index contributed by atoms with van der Waals surface area (Å²) < 4.78 is 0. The van der Waals surface area contributed by atoms with Crippen molar-refractivity contribution in [2.24, 2.45) is 17.8 Å². The molecule has 0 aliphatic carbocycles. The Balaban J connectivity index is 1.89. The molecule has 2 aromatic carbocycles. The van der Waals surface area contributed by atoms with E-state index in [2.05, 4.69) is 24.1 Å². The molecule has 1 fully saturated rings. The second kappa shape index (κ2) is 11.1. The molecule has 0 bridgehead atoms. The second-order valence-electron chi connectivity index (χ2n) is 8.99. The van der Waals surface area contributed by atoms with Gasteiger partial charge in [0.1, 0.15) is 6.54 Å². The van der Waals surface area contributed by atoms with E-state index in [1.165, 1.54) is 0 Å². The average molecular weight is 453 g/mol. The molecule has 1 aliphatic rings. The number of carboxylic acid groups (broad SMARTS) is 2. The van der Waals surface area contributed by atoms with E-state index in [9.17, 15) is 19.5 Å². The summed E-state index contributed by atoms with van der Waals surface area (Å²) in [6.07, 6.45) is 1.47. The Morgan fingerprint density at radius 2 is 1.79 bits per heavy atom. The summed E-state index contributed by atoms with van der Waals surface area (Å²) in [5.74, 6) is -2.04. The first-order valence-corrected chi connectivity index (χ1v) is 11.4. The standard InChI is InChI=1S/C26H32N2O5/c1-17-11-12-28(24(18(17)2)20-9-6-10-21(14-20)26(32)33)16-22(25(31)27-15-23(29)30)13-19-7-4-3-5-8-19/h3-10,14,17-18,22,24H,11-13,15-16H2,1-2H3,(H,27,31)(H,29,30)(H,32,33)/t17-,18-,22-,24?/m1/s1. The Morgan fingerprint density at radius 3 is 2.45 bits per heavy atom. The van der Waals surface area contributed by atoms with E-state index in [1.54, 1.807) is 18.2 Å². The van der Waals surface area contributed by atoms with Gasteiger partial charge in [0.2, 0.25) is 5.91 Å². The molecule has 2 aromatic rings. The fraction of sp³-hybridized carbons (Fsp3) is 0.423. The molecule has 0 radical (unpaired) electrons. The van der Waals surface area contributed by atoms with Crippen molar-refractivity contribution >= 4 is 17.8 Å². The zero-order valence-corrected chi connectivity index (χ0v) is 19.1. The lowest BCUT2D eigenvalue weighted by molar-refractivity contribution is -0.138. The van der Waals surface area contributed by atoms with Crippen molar-refractivity contribution < 1.29 is 24.6 Å². The number of likely N-dealkylation sites (tertiary alicyclic amines) is 1. The van der Waals surface area contributed by atoms with Crippen LogP contribution in [0.4, 0.5) is 0 Å². The first-order valence-electron chi connectivity index (χ1n) is 11.4. The molecule has 3 rings (SSSR count). The fourth-order valence-electron chi connectivity index (χ4n) is 4.72. The number of nitrogens with one attached hydrogen (secondary N) is 1. The number of aromatic carboxylic acids is 1. The van der Waals surface area contributed by atoms with Gasteiger partial charge in [-0.2, -0.15) is 0 Å². The zero-order valence-electron chi connectivity index (χ0n) is 19.1. The smallest absolute Gasteiger partial charge is 0.335 e. The van der Waals surface area contributed by atoms with E-state index in [0.717, 1.165) is 24.1 Å². The highest BCUT2D eigenvalue weighted by Gasteiger charge is 2.36. The predicted octanol–water partition coefficient (Wildman–Crippen LogP) is 3.46. The number of carbonyl (C=O) groups excluding carboxylic acids is 1. The molecule has 0 saturated carbocycles. The third-order valence-corrected chi connectivity index (χ3v) is 6.70. The number of aliphatic carboxylic acids is 1. The largest absolute Gasteiger partial charge is 0.480 e. The number of hydrogen-bond acceptors (Lipinski definition) is 4. The van der Waals surface area contributed by atoms with Crippen LogP contribution in [0, 0.1) is 17.8 Å². The molecule has 1 heterocycles. The number of rotatable bonds is 9. The number of amides is 1. The van der Waals surface area contributed by atoms with Crippen LogP contribution in [-0.2, 0) is 16.0 Å². The Morgan fingerprint density at radius 1 is 1.06 bits per heavy atom. The maximum absolute atomic E-state index is 13.0. The highest BCUT2D eigenvalue weighted by atomic mass is 16.4. The minimum absolute atomic E-state index is 0.0291. The average Bonchev–Trinajstić information content (AvgIpc) is 2.80. The quantitative estimate of drug-likeness (QED) is 0.538. The van der Waals surface area contributed by atoms with Crippen molar-refractivity contribution in [1.82, 2.24) is 10.2 Å². The highest BCUT2D eigenvalue weighted by molar-refractivity contribution is 5.87. The van der Waals surface area contributed by atoms with Crippen LogP contribution in [0.25, 0.3) is 0 Å². The predicted molar refractivity (Wildman–Crippen MR) is 125 cm³/mol. The number of nitrogens with zero attached hydrogens (tertiary/aromatic N) is 1. The molecule has 7 heteroatoms. The van der Waals surface area contributed by atoms with Gasteiger partial charge in [0.25, 0.3) is 0 Å². The van der Waals surface area contributed by atoms with Gasteiger partial charge < -0.3 is 15.5 Å². The summed E-state index contributed by atoms with van der Waals surface area (Å²) in [6.45, 7) is 5.20. The number of piperidine rings is 1. The monoisotopic (exact) mass is 452 g/mol. The van der Waals surface area contributed by atoms with E-state index in [-0.39, 0.29) is 23.4 Å². The number of benzene rings is 2. The van der Waals surface area contributed by atoms with Crippen LogP contribution in [0.15, 0.2) is 54.6 Å². The van der Waals surface area contributed by atoms with Crippen molar-refractivity contribution in [3.8, 4) is 0 Å². The van der Waals surface area contributed by atoms with E-state index in [4.69, 9.17) is 5.11 Å². The molecule has 1 aliphatic heterocycles. The first kappa shape index (κ1) is 24.5. The minimum Gasteiger partial charge on any atom is -0.480 e. The van der Waals surface area contributed by atoms with Gasteiger partial charge >= 0.3 is 11.9 Å². The Bertz CT molecular complexity index is 978. The van der Waals surface area contributed by atoms with Gasteiger partial charge in [-0.15, -0.1) is 0 Å². The summed E-state index contributed by atoms with van der Waals surface area (Å²) in [7, 11) is 0. The summed E-state index contributed by atoms with van der Waals surface area (Å²) in [4.78, 5) is 37.8. The lowest BCUT2D eigenvalue weighted by Gasteiger charge is -2.45. The third kappa shape index (κ3) is 6.42. The Labute approximate surface area is 194 Å². The van der Waals surface area contributed by atoms with E-state index < -0.39 is 24.4 Å². The van der Waals surface area contributed by atoms with Gasteiger partial charge in [-0.25, -0.2) is 4.79 Å². The highest BCUT2D eigenvalue weighted by Crippen LogP contribution is 2.40. The van der Waals surface area contributed by atoms with Crippen LogP contribution < -0.4 is 5.32 Å². The van der Waals surface area contributed by atoms with Crippen molar-refractivity contribution in [3.63, 3.8) is 0 Å². The lowest BCUT2D eigenvalue weighted by Crippen LogP contribution is -2.47. The van der Waals surface area contributed by atoms with Crippen LogP contribution in [0.2, 0.25) is 0 Å². The fourth-order valence-corrected chi connectivity index (χ4v) is 4.72. The molecule has 7 nitrogen and oxygen atoms in total. The molecule has 4 atom stereocenters. The Kier molecular flexibility index (Phi) is 8.22. The molecule has 33 heavy (non-hydrogen) atoms. The van der Waals surface area contributed by atoms with Crippen LogP contribution >= 0.6 is 0 Å². The number of hydrogen-bond donors (Lipinski definition) is 3. The van der Waals surface area contributed by atoms with Gasteiger partial charge in [-0.3, -0.25) is 14.5 Å². The van der Waals surface area contributed by atoms with Gasteiger partial charge in [0.15, 0.2) is 0 Å². The summed E-state index contributed by atoms with van der Waals surface area (Å²) >= 11 is 0. The van der Waals surface area contributed by atoms with Crippen molar-refractivity contribution in [1.29, 1.82) is 0 Å². The number of carbonyl (C=O) groups is 3. The van der Waals surface area contributed by atoms with Gasteiger partial charge in [-0.05, 0) is 54.5 Å². The summed E-state index contributed by atoms with van der Waals surface area (Å²) in [5, 5.41) is 21.0. The van der Waals surface area contributed by atoms with Crippen LogP contribution in [0.3, 0.4) is 0 Å². The summed E-state index contributed by atoms with van der Waals surface area (Å²) in [5.41, 5.74) is 2.19. The zero-order chi connectivity index (χ0) is 24.0. The van der Waals surface area contributed by atoms with Crippen LogP contribution in [0.5, 0.6) is 0 Å². The maximum Gasteiger partial charge on any atom is 0.335 e. The van der Waals surface area contributed by atoms with Crippen molar-refractivity contribution in [2.45, 2.75) is 32.7 Å². The third-order valence-electron chi connectivity index (χ3n) is 6.70. The molecular formula is C26H32N2O5. The molecule has 0 aromatic heterocycles. The van der Waals surface area contributed by atoms with E-state index >= 15 is 0 Å².